The second-order valence-corrected chi connectivity index (χ2v) is 10.9. The highest BCUT2D eigenvalue weighted by atomic mass is 35.5. The van der Waals surface area contributed by atoms with Crippen molar-refractivity contribution in [3.8, 4) is 17.4 Å². The first-order valence-electron chi connectivity index (χ1n) is 11.5. The summed E-state index contributed by atoms with van der Waals surface area (Å²) < 4.78 is 41.7. The van der Waals surface area contributed by atoms with E-state index < -0.39 is 21.2 Å². The standard InChI is InChI=1S/C23H27ClN8O4S/c1-6-18-17(14(3)36-30-18)12-32-22(19-8-7-9-20(27-19)35-5)28-29-23(32)31-37(33,34)15(4)13(2)21-25-10-16(24)11-26-21/h7-11,13,15H,6,12H2,1-5H3,(H,29,31)/t13-,15-/m0/s1. The number of ether oxygens (including phenoxy) is 1. The van der Waals surface area contributed by atoms with Crippen LogP contribution in [0.2, 0.25) is 5.02 Å². The molecule has 0 aromatic carbocycles. The summed E-state index contributed by atoms with van der Waals surface area (Å²) in [6, 6.07) is 5.21. The lowest BCUT2D eigenvalue weighted by atomic mass is 10.1. The summed E-state index contributed by atoms with van der Waals surface area (Å²) in [6.45, 7) is 7.28. The molecule has 4 aromatic heterocycles. The van der Waals surface area contributed by atoms with E-state index in [4.69, 9.17) is 20.9 Å². The third-order valence-corrected chi connectivity index (χ3v) is 8.15. The number of aryl methyl sites for hydroxylation is 2. The van der Waals surface area contributed by atoms with Gasteiger partial charge in [0, 0.05) is 29.9 Å². The Kier molecular flexibility index (Phi) is 7.73. The Morgan fingerprint density at radius 2 is 1.92 bits per heavy atom. The molecular weight excluding hydrogens is 520 g/mol. The highest BCUT2D eigenvalue weighted by Gasteiger charge is 2.31. The van der Waals surface area contributed by atoms with E-state index in [1.165, 1.54) is 19.5 Å². The first-order valence-corrected chi connectivity index (χ1v) is 13.4. The minimum Gasteiger partial charge on any atom is -0.481 e. The Balaban J connectivity index is 1.73. The number of rotatable bonds is 10. The van der Waals surface area contributed by atoms with Gasteiger partial charge in [-0.1, -0.05) is 36.7 Å². The van der Waals surface area contributed by atoms with Crippen LogP contribution < -0.4 is 9.46 Å². The predicted octanol–water partition coefficient (Wildman–Crippen LogP) is 3.63. The lowest BCUT2D eigenvalue weighted by Gasteiger charge is -2.20. The zero-order chi connectivity index (χ0) is 26.7. The number of halogens is 1. The zero-order valence-electron chi connectivity index (χ0n) is 21.0. The van der Waals surface area contributed by atoms with E-state index in [0.29, 0.717) is 40.4 Å². The van der Waals surface area contributed by atoms with Gasteiger partial charge >= 0.3 is 0 Å². The van der Waals surface area contributed by atoms with E-state index in [1.54, 1.807) is 43.5 Å². The van der Waals surface area contributed by atoms with Gasteiger partial charge in [0.15, 0.2) is 5.82 Å². The van der Waals surface area contributed by atoms with Gasteiger partial charge in [0.25, 0.3) is 0 Å². The smallest absolute Gasteiger partial charge is 0.238 e. The van der Waals surface area contributed by atoms with E-state index in [0.717, 1.165) is 11.3 Å². The van der Waals surface area contributed by atoms with E-state index in [9.17, 15) is 8.42 Å². The maximum Gasteiger partial charge on any atom is 0.238 e. The van der Waals surface area contributed by atoms with Crippen LogP contribution in [0.1, 0.15) is 49.5 Å². The number of pyridine rings is 1. The van der Waals surface area contributed by atoms with E-state index in [1.807, 2.05) is 6.92 Å². The number of nitrogens with zero attached hydrogens (tertiary/aromatic N) is 7. The quantitative estimate of drug-likeness (QED) is 0.312. The average Bonchev–Trinajstić information content (AvgIpc) is 3.46. The highest BCUT2D eigenvalue weighted by Crippen LogP contribution is 2.28. The normalized spacial score (nSPS) is 13.4. The van der Waals surface area contributed by atoms with Crippen LogP contribution in [0.4, 0.5) is 5.95 Å². The molecule has 2 atom stereocenters. The molecule has 0 saturated heterocycles. The van der Waals surface area contributed by atoms with Gasteiger partial charge in [-0.25, -0.2) is 23.4 Å². The third-order valence-electron chi connectivity index (χ3n) is 6.10. The predicted molar refractivity (Wildman–Crippen MR) is 137 cm³/mol. The molecule has 0 unspecified atom stereocenters. The lowest BCUT2D eigenvalue weighted by Crippen LogP contribution is -2.31. The molecule has 14 heteroatoms. The largest absolute Gasteiger partial charge is 0.481 e. The molecular formula is C23H27ClN8O4S. The Bertz CT molecular complexity index is 1490. The molecule has 37 heavy (non-hydrogen) atoms. The molecule has 0 saturated carbocycles. The summed E-state index contributed by atoms with van der Waals surface area (Å²) in [6.07, 6.45) is 3.51. The highest BCUT2D eigenvalue weighted by molar-refractivity contribution is 7.93. The first kappa shape index (κ1) is 26.5. The first-order chi connectivity index (χ1) is 17.6. The topological polar surface area (TPSA) is 151 Å². The van der Waals surface area contributed by atoms with Gasteiger partial charge in [0.05, 0.1) is 29.6 Å². The van der Waals surface area contributed by atoms with Crippen LogP contribution in [0.5, 0.6) is 5.88 Å². The molecule has 12 nitrogen and oxygen atoms in total. The van der Waals surface area contributed by atoms with Gasteiger partial charge in [-0.05, 0) is 26.3 Å². The molecule has 0 fully saturated rings. The Morgan fingerprint density at radius 3 is 2.59 bits per heavy atom. The number of nitrogens with one attached hydrogen (secondary N) is 1. The van der Waals surface area contributed by atoms with Gasteiger partial charge in [-0.15, -0.1) is 10.2 Å². The number of hydrogen-bond acceptors (Lipinski definition) is 10. The van der Waals surface area contributed by atoms with Crippen molar-refractivity contribution in [3.63, 3.8) is 0 Å². The van der Waals surface area contributed by atoms with Crippen molar-refractivity contribution in [2.45, 2.75) is 51.8 Å². The van der Waals surface area contributed by atoms with Gasteiger partial charge in [-0.2, -0.15) is 0 Å². The molecule has 0 spiro atoms. The fraction of sp³-hybridized carbons (Fsp3) is 0.391. The Labute approximate surface area is 219 Å². The summed E-state index contributed by atoms with van der Waals surface area (Å²) in [4.78, 5) is 12.8. The number of sulfonamides is 1. The molecule has 0 aliphatic rings. The molecule has 4 heterocycles. The van der Waals surface area contributed by atoms with Crippen LogP contribution in [0.25, 0.3) is 11.5 Å². The van der Waals surface area contributed by atoms with Gasteiger partial charge in [0.1, 0.15) is 17.3 Å². The molecule has 4 aromatic rings. The molecule has 196 valence electrons. The zero-order valence-corrected chi connectivity index (χ0v) is 22.6. The van der Waals surface area contributed by atoms with Crippen molar-refractivity contribution in [1.82, 2.24) is 34.9 Å². The van der Waals surface area contributed by atoms with Crippen LogP contribution in [0.15, 0.2) is 35.1 Å². The molecule has 0 aliphatic carbocycles. The Hall–Kier alpha value is -3.58. The number of hydrogen-bond donors (Lipinski definition) is 1. The maximum absolute atomic E-state index is 13.4. The molecule has 0 radical (unpaired) electrons. The number of anilines is 1. The number of methoxy groups -OCH3 is 1. The van der Waals surface area contributed by atoms with Gasteiger partial charge in [-0.3, -0.25) is 9.29 Å². The van der Waals surface area contributed by atoms with Crippen molar-refractivity contribution < 1.29 is 17.7 Å². The van der Waals surface area contributed by atoms with E-state index in [2.05, 4.69) is 35.0 Å². The monoisotopic (exact) mass is 546 g/mol. The molecule has 0 amide bonds. The van der Waals surface area contributed by atoms with Crippen LogP contribution in [-0.4, -0.2) is 55.7 Å². The van der Waals surface area contributed by atoms with Crippen LogP contribution >= 0.6 is 11.6 Å². The minimum atomic E-state index is -3.95. The van der Waals surface area contributed by atoms with Crippen molar-refractivity contribution in [2.75, 3.05) is 11.8 Å². The van der Waals surface area contributed by atoms with Crippen LogP contribution in [-0.2, 0) is 23.0 Å². The van der Waals surface area contributed by atoms with Gasteiger partial charge < -0.3 is 9.26 Å². The third kappa shape index (κ3) is 5.57. The Morgan fingerprint density at radius 1 is 1.19 bits per heavy atom. The fourth-order valence-electron chi connectivity index (χ4n) is 3.70. The number of aromatic nitrogens is 7. The van der Waals surface area contributed by atoms with Crippen molar-refractivity contribution in [1.29, 1.82) is 0 Å². The van der Waals surface area contributed by atoms with Crippen molar-refractivity contribution in [3.05, 3.63) is 58.5 Å². The second kappa shape index (κ2) is 10.8. The lowest BCUT2D eigenvalue weighted by molar-refractivity contribution is 0.390. The summed E-state index contributed by atoms with van der Waals surface area (Å²) in [5.74, 6) is 1.20. The summed E-state index contributed by atoms with van der Waals surface area (Å²) in [7, 11) is -2.44. The maximum atomic E-state index is 13.4. The summed E-state index contributed by atoms with van der Waals surface area (Å²) in [5, 5.41) is 12.0. The SMILES string of the molecule is CCc1noc(C)c1Cn1c(NS(=O)(=O)[C@@H](C)[C@H](C)c2ncc(Cl)cn2)nnc1-c1cccc(OC)n1. The van der Waals surface area contributed by atoms with Crippen LogP contribution in [0.3, 0.4) is 0 Å². The van der Waals surface area contributed by atoms with Crippen molar-refractivity contribution in [2.24, 2.45) is 0 Å². The summed E-state index contributed by atoms with van der Waals surface area (Å²) >= 11 is 5.88. The van der Waals surface area contributed by atoms with Crippen molar-refractivity contribution >= 4 is 27.6 Å². The van der Waals surface area contributed by atoms with E-state index in [-0.39, 0.29) is 12.5 Å². The minimum absolute atomic E-state index is 0.0262. The molecule has 4 rings (SSSR count). The summed E-state index contributed by atoms with van der Waals surface area (Å²) in [5.41, 5.74) is 2.02. The van der Waals surface area contributed by atoms with E-state index >= 15 is 0 Å². The fourth-order valence-corrected chi connectivity index (χ4v) is 5.05. The second-order valence-electron chi connectivity index (χ2n) is 8.42. The molecule has 0 bridgehead atoms. The molecule has 1 N–H and O–H groups in total. The van der Waals surface area contributed by atoms with Gasteiger partial charge in [0.2, 0.25) is 21.9 Å². The average molecular weight is 547 g/mol. The van der Waals surface area contributed by atoms with Crippen LogP contribution in [0, 0.1) is 6.92 Å². The molecule has 0 aliphatic heterocycles.